The summed E-state index contributed by atoms with van der Waals surface area (Å²) < 4.78 is 16.1. The Labute approximate surface area is 167 Å². The van der Waals surface area contributed by atoms with Crippen LogP contribution in [0.2, 0.25) is 0 Å². The summed E-state index contributed by atoms with van der Waals surface area (Å²) in [5.41, 5.74) is 5.48. The Morgan fingerprint density at radius 1 is 0.929 bits per heavy atom. The average Bonchev–Trinajstić information content (AvgIpc) is 2.67. The van der Waals surface area contributed by atoms with Crippen LogP contribution in [-0.2, 0) is 4.79 Å². The Morgan fingerprint density at radius 3 is 2.18 bits per heavy atom. The SMILES string of the molecule is COc1ccc(/C=C/C(=O)N[C@H](C)c2cc(C)c(C)cc2C)c(OC)c1OC. The van der Waals surface area contributed by atoms with Gasteiger partial charge in [0, 0.05) is 11.6 Å². The number of methoxy groups -OCH3 is 3. The maximum Gasteiger partial charge on any atom is 0.244 e. The monoisotopic (exact) mass is 383 g/mol. The van der Waals surface area contributed by atoms with E-state index in [0.29, 0.717) is 17.2 Å². The Morgan fingerprint density at radius 2 is 1.57 bits per heavy atom. The van der Waals surface area contributed by atoms with Crippen LogP contribution < -0.4 is 19.5 Å². The van der Waals surface area contributed by atoms with Crippen molar-refractivity contribution in [2.75, 3.05) is 21.3 Å². The van der Waals surface area contributed by atoms with E-state index in [2.05, 4.69) is 38.2 Å². The van der Waals surface area contributed by atoms with Crippen molar-refractivity contribution >= 4 is 12.0 Å². The molecule has 0 aliphatic heterocycles. The lowest BCUT2D eigenvalue weighted by atomic mass is 9.96. The molecule has 0 radical (unpaired) electrons. The van der Waals surface area contributed by atoms with Crippen LogP contribution >= 0.6 is 0 Å². The highest BCUT2D eigenvalue weighted by Gasteiger charge is 2.15. The molecule has 1 amide bonds. The van der Waals surface area contributed by atoms with E-state index in [1.165, 1.54) is 22.8 Å². The second kappa shape index (κ2) is 9.31. The number of aryl methyl sites for hydroxylation is 3. The molecule has 0 saturated heterocycles. The summed E-state index contributed by atoms with van der Waals surface area (Å²) in [4.78, 5) is 12.4. The standard InChI is InChI=1S/C23H29NO4/c1-14-12-16(3)19(13-15(14)2)17(4)24-21(25)11-9-18-8-10-20(26-5)23(28-7)22(18)27-6/h8-13,17H,1-7H3,(H,24,25)/b11-9+/t17-/m1/s1. The van der Waals surface area contributed by atoms with Gasteiger partial charge in [0.05, 0.1) is 27.4 Å². The summed E-state index contributed by atoms with van der Waals surface area (Å²) >= 11 is 0. The van der Waals surface area contributed by atoms with Crippen molar-refractivity contribution in [3.63, 3.8) is 0 Å². The second-order valence-electron chi connectivity index (χ2n) is 6.78. The van der Waals surface area contributed by atoms with E-state index < -0.39 is 0 Å². The van der Waals surface area contributed by atoms with Crippen LogP contribution in [0.4, 0.5) is 0 Å². The van der Waals surface area contributed by atoms with Gasteiger partial charge in [-0.05, 0) is 68.2 Å². The van der Waals surface area contributed by atoms with E-state index in [4.69, 9.17) is 14.2 Å². The van der Waals surface area contributed by atoms with Gasteiger partial charge < -0.3 is 19.5 Å². The first-order valence-electron chi connectivity index (χ1n) is 9.17. The molecule has 150 valence electrons. The molecule has 1 N–H and O–H groups in total. The van der Waals surface area contributed by atoms with Crippen molar-refractivity contribution in [3.05, 3.63) is 58.2 Å². The summed E-state index contributed by atoms with van der Waals surface area (Å²) in [6.07, 6.45) is 3.20. The van der Waals surface area contributed by atoms with Crippen molar-refractivity contribution in [1.82, 2.24) is 5.32 Å². The molecule has 0 bridgehead atoms. The normalized spacial score (nSPS) is 12.0. The Kier molecular flexibility index (Phi) is 7.10. The molecule has 2 aromatic rings. The van der Waals surface area contributed by atoms with Crippen molar-refractivity contribution in [2.24, 2.45) is 0 Å². The number of hydrogen-bond donors (Lipinski definition) is 1. The third kappa shape index (κ3) is 4.66. The van der Waals surface area contributed by atoms with Crippen molar-refractivity contribution in [1.29, 1.82) is 0 Å². The van der Waals surface area contributed by atoms with Crippen molar-refractivity contribution in [2.45, 2.75) is 33.7 Å². The van der Waals surface area contributed by atoms with E-state index >= 15 is 0 Å². The molecule has 5 heteroatoms. The largest absolute Gasteiger partial charge is 0.493 e. The Hall–Kier alpha value is -2.95. The zero-order valence-electron chi connectivity index (χ0n) is 17.7. The van der Waals surface area contributed by atoms with Gasteiger partial charge in [-0.3, -0.25) is 4.79 Å². The molecule has 28 heavy (non-hydrogen) atoms. The van der Waals surface area contributed by atoms with Crippen LogP contribution in [0.1, 0.15) is 40.8 Å². The lowest BCUT2D eigenvalue weighted by Gasteiger charge is -2.18. The number of amides is 1. The van der Waals surface area contributed by atoms with Crippen molar-refractivity contribution < 1.29 is 19.0 Å². The van der Waals surface area contributed by atoms with Crippen LogP contribution in [0.5, 0.6) is 17.2 Å². The van der Waals surface area contributed by atoms with Crippen LogP contribution in [0.15, 0.2) is 30.3 Å². The van der Waals surface area contributed by atoms with E-state index in [1.807, 2.05) is 13.0 Å². The highest BCUT2D eigenvalue weighted by atomic mass is 16.5. The molecule has 2 rings (SSSR count). The van der Waals surface area contributed by atoms with Gasteiger partial charge in [0.25, 0.3) is 0 Å². The van der Waals surface area contributed by atoms with Gasteiger partial charge in [0.1, 0.15) is 0 Å². The van der Waals surface area contributed by atoms with E-state index in [1.54, 1.807) is 33.5 Å². The first-order valence-corrected chi connectivity index (χ1v) is 9.17. The van der Waals surface area contributed by atoms with Gasteiger partial charge in [-0.1, -0.05) is 12.1 Å². The predicted octanol–water partition coefficient (Wildman–Crippen LogP) is 4.53. The molecule has 0 aliphatic rings. The maximum absolute atomic E-state index is 12.4. The number of carbonyl (C=O) groups is 1. The first-order chi connectivity index (χ1) is 13.3. The van der Waals surface area contributed by atoms with Gasteiger partial charge in [-0.25, -0.2) is 0 Å². The molecule has 0 aromatic heterocycles. The third-order valence-electron chi connectivity index (χ3n) is 4.86. The highest BCUT2D eigenvalue weighted by molar-refractivity contribution is 5.92. The van der Waals surface area contributed by atoms with E-state index in [-0.39, 0.29) is 11.9 Å². The fourth-order valence-electron chi connectivity index (χ4n) is 3.21. The smallest absolute Gasteiger partial charge is 0.244 e. The highest BCUT2D eigenvalue weighted by Crippen LogP contribution is 2.40. The van der Waals surface area contributed by atoms with Gasteiger partial charge in [-0.15, -0.1) is 0 Å². The zero-order valence-corrected chi connectivity index (χ0v) is 17.7. The summed E-state index contributed by atoms with van der Waals surface area (Å²) in [6.45, 7) is 8.22. The summed E-state index contributed by atoms with van der Waals surface area (Å²) in [5.74, 6) is 1.40. The van der Waals surface area contributed by atoms with E-state index in [0.717, 1.165) is 11.1 Å². The quantitative estimate of drug-likeness (QED) is 0.714. The number of carbonyl (C=O) groups excluding carboxylic acids is 1. The molecule has 0 unspecified atom stereocenters. The van der Waals surface area contributed by atoms with Crippen LogP contribution in [-0.4, -0.2) is 27.2 Å². The molecule has 1 atom stereocenters. The predicted molar refractivity (Wildman–Crippen MR) is 112 cm³/mol. The minimum absolute atomic E-state index is 0.0938. The minimum atomic E-state index is -0.179. The van der Waals surface area contributed by atoms with Crippen LogP contribution in [0.25, 0.3) is 6.08 Å². The minimum Gasteiger partial charge on any atom is -0.493 e. The zero-order chi connectivity index (χ0) is 20.8. The number of nitrogens with one attached hydrogen (secondary N) is 1. The third-order valence-corrected chi connectivity index (χ3v) is 4.86. The second-order valence-corrected chi connectivity index (χ2v) is 6.78. The van der Waals surface area contributed by atoms with Crippen LogP contribution in [0.3, 0.4) is 0 Å². The maximum atomic E-state index is 12.4. The first kappa shape index (κ1) is 21.4. The van der Waals surface area contributed by atoms with Gasteiger partial charge in [-0.2, -0.15) is 0 Å². The Bertz CT molecular complexity index is 887. The summed E-state index contributed by atoms with van der Waals surface area (Å²) in [7, 11) is 4.67. The van der Waals surface area contributed by atoms with Gasteiger partial charge in [0.15, 0.2) is 11.5 Å². The number of benzene rings is 2. The molecule has 0 fully saturated rings. The topological polar surface area (TPSA) is 56.8 Å². The van der Waals surface area contributed by atoms with Crippen molar-refractivity contribution in [3.8, 4) is 17.2 Å². The molecule has 5 nitrogen and oxygen atoms in total. The molecule has 0 spiro atoms. The number of hydrogen-bond acceptors (Lipinski definition) is 4. The molecular weight excluding hydrogens is 354 g/mol. The molecule has 2 aromatic carbocycles. The van der Waals surface area contributed by atoms with Crippen LogP contribution in [0, 0.1) is 20.8 Å². The summed E-state index contributed by atoms with van der Waals surface area (Å²) in [6, 6.07) is 7.79. The molecular formula is C23H29NO4. The lowest BCUT2D eigenvalue weighted by Crippen LogP contribution is -2.25. The number of ether oxygens (including phenoxy) is 3. The average molecular weight is 383 g/mol. The lowest BCUT2D eigenvalue weighted by molar-refractivity contribution is -0.117. The fraction of sp³-hybridized carbons (Fsp3) is 0.348. The molecule has 0 heterocycles. The fourth-order valence-corrected chi connectivity index (χ4v) is 3.21. The van der Waals surface area contributed by atoms with Gasteiger partial charge in [0.2, 0.25) is 11.7 Å². The summed E-state index contributed by atoms with van der Waals surface area (Å²) in [5, 5.41) is 3.02. The van der Waals surface area contributed by atoms with Gasteiger partial charge >= 0.3 is 0 Å². The Balaban J connectivity index is 2.19. The molecule has 0 aliphatic carbocycles. The number of rotatable bonds is 7. The van der Waals surface area contributed by atoms with E-state index in [9.17, 15) is 4.79 Å². The molecule has 0 saturated carbocycles.